The molecule has 0 fully saturated rings. The van der Waals surface area contributed by atoms with E-state index in [9.17, 15) is 4.79 Å². The van der Waals surface area contributed by atoms with Gasteiger partial charge in [0.2, 0.25) is 0 Å². The summed E-state index contributed by atoms with van der Waals surface area (Å²) in [7, 11) is 1.93. The molecule has 0 bridgehead atoms. The fourth-order valence-electron chi connectivity index (χ4n) is 1.67. The average Bonchev–Trinajstić information content (AvgIpc) is 2.62. The van der Waals surface area contributed by atoms with Gasteiger partial charge in [-0.1, -0.05) is 30.3 Å². The number of hydrogen-bond acceptors (Lipinski definition) is 2. The van der Waals surface area contributed by atoms with Crippen LogP contribution in [0.5, 0.6) is 0 Å². The molecule has 0 aliphatic rings. The predicted molar refractivity (Wildman–Crippen MR) is 58.4 cm³/mol. The number of aldehydes is 1. The largest absolute Gasteiger partial charge is 0.334 e. The molecule has 0 N–H and O–H groups in total. The van der Waals surface area contributed by atoms with Crippen LogP contribution in [0.2, 0.25) is 0 Å². The van der Waals surface area contributed by atoms with Gasteiger partial charge >= 0.3 is 0 Å². The maximum absolute atomic E-state index is 10.5. The molecule has 1 heterocycles. The lowest BCUT2D eigenvalue weighted by Gasteiger charge is -2.04. The van der Waals surface area contributed by atoms with E-state index in [0.29, 0.717) is 6.42 Å². The summed E-state index contributed by atoms with van der Waals surface area (Å²) in [5.74, 6) is 0. The van der Waals surface area contributed by atoms with Crippen LogP contribution < -0.4 is 0 Å². The molecule has 0 saturated carbocycles. The molecule has 0 aliphatic heterocycles. The highest BCUT2D eigenvalue weighted by Gasteiger charge is 2.09. The first-order valence-corrected chi connectivity index (χ1v) is 4.82. The molecule has 0 saturated heterocycles. The Hall–Kier alpha value is -1.90. The Morgan fingerprint density at radius 3 is 2.73 bits per heavy atom. The molecule has 15 heavy (non-hydrogen) atoms. The zero-order valence-corrected chi connectivity index (χ0v) is 8.55. The van der Waals surface area contributed by atoms with Crippen molar-refractivity contribution in [3.8, 4) is 11.3 Å². The number of rotatable bonds is 3. The molecule has 2 aromatic rings. The first kappa shape index (κ1) is 9.65. The third-order valence-corrected chi connectivity index (χ3v) is 2.34. The lowest BCUT2D eigenvalue weighted by Crippen LogP contribution is -1.94. The standard InChI is InChI=1S/C12H12N2O/c1-14-9-13-11(7-8-15)12(14)10-5-3-2-4-6-10/h2-6,8-9H,7H2,1H3. The second-order valence-electron chi connectivity index (χ2n) is 3.39. The molecule has 76 valence electrons. The quantitative estimate of drug-likeness (QED) is 0.708. The summed E-state index contributed by atoms with van der Waals surface area (Å²) in [5, 5.41) is 0. The minimum Gasteiger partial charge on any atom is -0.334 e. The van der Waals surface area contributed by atoms with E-state index in [2.05, 4.69) is 4.98 Å². The van der Waals surface area contributed by atoms with Crippen LogP contribution in [-0.4, -0.2) is 15.8 Å². The highest BCUT2D eigenvalue weighted by Crippen LogP contribution is 2.21. The van der Waals surface area contributed by atoms with Gasteiger partial charge in [-0.05, 0) is 0 Å². The molecule has 0 spiro atoms. The van der Waals surface area contributed by atoms with Gasteiger partial charge in [-0.2, -0.15) is 0 Å². The van der Waals surface area contributed by atoms with Gasteiger partial charge in [0.05, 0.1) is 17.7 Å². The Balaban J connectivity index is 2.51. The van der Waals surface area contributed by atoms with Gasteiger partial charge < -0.3 is 9.36 Å². The van der Waals surface area contributed by atoms with Gasteiger partial charge in [-0.15, -0.1) is 0 Å². The fourth-order valence-corrected chi connectivity index (χ4v) is 1.67. The maximum Gasteiger partial charge on any atom is 0.126 e. The van der Waals surface area contributed by atoms with Gasteiger partial charge in [0.1, 0.15) is 6.29 Å². The van der Waals surface area contributed by atoms with Crippen LogP contribution in [0.3, 0.4) is 0 Å². The van der Waals surface area contributed by atoms with E-state index < -0.39 is 0 Å². The second kappa shape index (κ2) is 4.09. The van der Waals surface area contributed by atoms with Crippen molar-refractivity contribution in [2.45, 2.75) is 6.42 Å². The van der Waals surface area contributed by atoms with E-state index in [4.69, 9.17) is 0 Å². The zero-order chi connectivity index (χ0) is 10.7. The summed E-state index contributed by atoms with van der Waals surface area (Å²) in [5.41, 5.74) is 2.94. The Morgan fingerprint density at radius 1 is 1.33 bits per heavy atom. The normalized spacial score (nSPS) is 10.2. The van der Waals surface area contributed by atoms with Crippen LogP contribution in [0.4, 0.5) is 0 Å². The second-order valence-corrected chi connectivity index (χ2v) is 3.39. The van der Waals surface area contributed by atoms with Gasteiger partial charge in [-0.25, -0.2) is 4.98 Å². The lowest BCUT2D eigenvalue weighted by molar-refractivity contribution is -0.107. The molecule has 3 heteroatoms. The van der Waals surface area contributed by atoms with Gasteiger partial charge in [-0.3, -0.25) is 0 Å². The molecular formula is C12H12N2O. The third-order valence-electron chi connectivity index (χ3n) is 2.34. The van der Waals surface area contributed by atoms with E-state index >= 15 is 0 Å². The molecular weight excluding hydrogens is 188 g/mol. The SMILES string of the molecule is Cn1cnc(CC=O)c1-c1ccccc1. The Labute approximate surface area is 88.4 Å². The molecule has 0 unspecified atom stereocenters. The van der Waals surface area contributed by atoms with Gasteiger partial charge in [0, 0.05) is 19.0 Å². The summed E-state index contributed by atoms with van der Waals surface area (Å²) in [6.45, 7) is 0. The topological polar surface area (TPSA) is 34.9 Å². The maximum atomic E-state index is 10.5. The number of imidazole rings is 1. The van der Waals surface area contributed by atoms with E-state index in [1.54, 1.807) is 6.33 Å². The van der Waals surface area contributed by atoms with Crippen molar-refractivity contribution in [2.75, 3.05) is 0 Å². The van der Waals surface area contributed by atoms with E-state index in [-0.39, 0.29) is 0 Å². The smallest absolute Gasteiger partial charge is 0.126 e. The highest BCUT2D eigenvalue weighted by atomic mass is 16.1. The van der Waals surface area contributed by atoms with Crippen molar-refractivity contribution >= 4 is 6.29 Å². The van der Waals surface area contributed by atoms with Crippen LogP contribution >= 0.6 is 0 Å². The van der Waals surface area contributed by atoms with Crippen molar-refractivity contribution in [1.29, 1.82) is 0 Å². The predicted octanol–water partition coefficient (Wildman–Crippen LogP) is 1.83. The van der Waals surface area contributed by atoms with Crippen molar-refractivity contribution in [3.05, 3.63) is 42.4 Å². The van der Waals surface area contributed by atoms with Gasteiger partial charge in [0.15, 0.2) is 0 Å². The Kier molecular flexibility index (Phi) is 2.63. The molecule has 0 atom stereocenters. The van der Waals surface area contributed by atoms with Gasteiger partial charge in [0.25, 0.3) is 0 Å². The van der Waals surface area contributed by atoms with Crippen molar-refractivity contribution in [2.24, 2.45) is 7.05 Å². The summed E-state index contributed by atoms with van der Waals surface area (Å²) >= 11 is 0. The molecule has 0 amide bonds. The number of aryl methyl sites for hydroxylation is 1. The molecule has 1 aromatic carbocycles. The van der Waals surface area contributed by atoms with Crippen molar-refractivity contribution in [1.82, 2.24) is 9.55 Å². The Bertz CT molecular complexity index is 460. The van der Waals surface area contributed by atoms with E-state index in [0.717, 1.165) is 23.2 Å². The molecule has 0 radical (unpaired) electrons. The minimum atomic E-state index is 0.366. The molecule has 3 nitrogen and oxygen atoms in total. The van der Waals surface area contributed by atoms with E-state index in [1.807, 2.05) is 41.9 Å². The first-order valence-electron chi connectivity index (χ1n) is 4.82. The summed E-state index contributed by atoms with van der Waals surface area (Å²) < 4.78 is 1.94. The van der Waals surface area contributed by atoms with Crippen LogP contribution in [0, 0.1) is 0 Å². The fraction of sp³-hybridized carbons (Fsp3) is 0.167. The molecule has 1 aromatic heterocycles. The third kappa shape index (κ3) is 1.81. The summed E-state index contributed by atoms with van der Waals surface area (Å²) in [4.78, 5) is 14.7. The average molecular weight is 200 g/mol. The number of benzene rings is 1. The van der Waals surface area contributed by atoms with Crippen LogP contribution in [0.25, 0.3) is 11.3 Å². The van der Waals surface area contributed by atoms with Crippen LogP contribution in [-0.2, 0) is 18.3 Å². The number of hydrogen-bond donors (Lipinski definition) is 0. The number of aromatic nitrogens is 2. The summed E-state index contributed by atoms with van der Waals surface area (Å²) in [6.07, 6.45) is 2.99. The summed E-state index contributed by atoms with van der Waals surface area (Å²) in [6, 6.07) is 9.97. The van der Waals surface area contributed by atoms with Crippen LogP contribution in [0.1, 0.15) is 5.69 Å². The van der Waals surface area contributed by atoms with Crippen molar-refractivity contribution < 1.29 is 4.79 Å². The van der Waals surface area contributed by atoms with Crippen molar-refractivity contribution in [3.63, 3.8) is 0 Å². The monoisotopic (exact) mass is 200 g/mol. The molecule has 0 aliphatic carbocycles. The minimum absolute atomic E-state index is 0.366. The molecule has 2 rings (SSSR count). The highest BCUT2D eigenvalue weighted by molar-refractivity contribution is 5.66. The lowest BCUT2D eigenvalue weighted by atomic mass is 10.1. The van der Waals surface area contributed by atoms with Crippen LogP contribution in [0.15, 0.2) is 36.7 Å². The number of nitrogens with zero attached hydrogens (tertiary/aromatic N) is 2. The number of carbonyl (C=O) groups excluding carboxylic acids is 1. The number of carbonyl (C=O) groups is 1. The first-order chi connectivity index (χ1) is 7.33. The zero-order valence-electron chi connectivity index (χ0n) is 8.55. The Morgan fingerprint density at radius 2 is 2.07 bits per heavy atom. The van der Waals surface area contributed by atoms with E-state index in [1.165, 1.54) is 0 Å².